The number of furan rings is 1. The maximum atomic E-state index is 13.0. The summed E-state index contributed by atoms with van der Waals surface area (Å²) in [5.74, 6) is -0.0238. The number of carbonyl (C=O) groups is 2. The number of nitrogens with zero attached hydrogens (tertiary/aromatic N) is 2. The van der Waals surface area contributed by atoms with Crippen LogP contribution in [0.15, 0.2) is 71.1 Å². The van der Waals surface area contributed by atoms with E-state index in [1.165, 1.54) is 0 Å². The van der Waals surface area contributed by atoms with E-state index >= 15 is 0 Å². The molecule has 2 heterocycles. The van der Waals surface area contributed by atoms with Crippen molar-refractivity contribution in [2.24, 2.45) is 0 Å². The van der Waals surface area contributed by atoms with Gasteiger partial charge in [-0.15, -0.1) is 0 Å². The third-order valence-electron chi connectivity index (χ3n) is 6.44. The predicted molar refractivity (Wildman–Crippen MR) is 140 cm³/mol. The van der Waals surface area contributed by atoms with Crippen LogP contribution in [-0.2, 0) is 4.79 Å². The summed E-state index contributed by atoms with van der Waals surface area (Å²) < 4.78 is 6.11. The first-order valence-electron chi connectivity index (χ1n) is 12.0. The Hall–Kier alpha value is -3.84. The molecule has 0 aliphatic carbocycles. The molecule has 1 aliphatic rings. The van der Waals surface area contributed by atoms with Crippen molar-refractivity contribution in [1.82, 2.24) is 10.2 Å². The van der Waals surface area contributed by atoms with Crippen molar-refractivity contribution in [3.63, 3.8) is 0 Å². The molecular formula is C28H30N4O3. The van der Waals surface area contributed by atoms with E-state index in [-0.39, 0.29) is 17.9 Å². The van der Waals surface area contributed by atoms with Crippen LogP contribution in [0.3, 0.4) is 0 Å². The molecule has 180 valence electrons. The molecule has 2 amide bonds. The van der Waals surface area contributed by atoms with Crippen LogP contribution in [0.5, 0.6) is 0 Å². The van der Waals surface area contributed by atoms with Gasteiger partial charge in [-0.2, -0.15) is 0 Å². The Kier molecular flexibility index (Phi) is 6.42. The zero-order valence-corrected chi connectivity index (χ0v) is 20.1. The molecule has 1 atom stereocenters. The van der Waals surface area contributed by atoms with Gasteiger partial charge in [-0.3, -0.25) is 9.59 Å². The van der Waals surface area contributed by atoms with Crippen molar-refractivity contribution in [3.8, 4) is 0 Å². The molecule has 0 spiro atoms. The lowest BCUT2D eigenvalue weighted by Crippen LogP contribution is -2.43. The second-order valence-electron chi connectivity index (χ2n) is 9.30. The lowest BCUT2D eigenvalue weighted by Gasteiger charge is -2.32. The Morgan fingerprint density at radius 2 is 1.77 bits per heavy atom. The average Bonchev–Trinajstić information content (AvgIpc) is 3.21. The number of carbonyl (C=O) groups excluding carboxylic acids is 2. The van der Waals surface area contributed by atoms with Gasteiger partial charge in [0.05, 0.1) is 0 Å². The quantitative estimate of drug-likeness (QED) is 0.416. The molecule has 35 heavy (non-hydrogen) atoms. The van der Waals surface area contributed by atoms with Gasteiger partial charge in [0.25, 0.3) is 5.91 Å². The Balaban J connectivity index is 1.31. The van der Waals surface area contributed by atoms with Crippen LogP contribution >= 0.6 is 0 Å². The number of amides is 2. The minimum Gasteiger partial charge on any atom is -0.456 e. The zero-order chi connectivity index (χ0) is 24.4. The van der Waals surface area contributed by atoms with Gasteiger partial charge >= 0.3 is 0 Å². The molecule has 1 saturated heterocycles. The number of hydrogen-bond acceptors (Lipinski definition) is 5. The number of anilines is 2. The van der Waals surface area contributed by atoms with E-state index in [0.717, 1.165) is 35.1 Å². The van der Waals surface area contributed by atoms with Crippen LogP contribution in [0.1, 0.15) is 23.2 Å². The first-order valence-corrected chi connectivity index (χ1v) is 12.0. The van der Waals surface area contributed by atoms with Crippen LogP contribution in [-0.4, -0.2) is 56.5 Å². The van der Waals surface area contributed by atoms with Gasteiger partial charge in [-0.05, 0) is 63.0 Å². The summed E-state index contributed by atoms with van der Waals surface area (Å²) in [4.78, 5) is 29.3. The van der Waals surface area contributed by atoms with Crippen molar-refractivity contribution in [1.29, 1.82) is 0 Å². The van der Waals surface area contributed by atoms with Crippen molar-refractivity contribution in [3.05, 3.63) is 72.3 Å². The predicted octanol–water partition coefficient (Wildman–Crippen LogP) is 4.48. The highest BCUT2D eigenvalue weighted by molar-refractivity contribution is 6.09. The van der Waals surface area contributed by atoms with Crippen molar-refractivity contribution >= 4 is 45.1 Å². The number of rotatable bonds is 7. The van der Waals surface area contributed by atoms with Crippen LogP contribution in [0.2, 0.25) is 0 Å². The summed E-state index contributed by atoms with van der Waals surface area (Å²) in [5, 5.41) is 8.32. The van der Waals surface area contributed by atoms with Crippen LogP contribution in [0.4, 0.5) is 11.4 Å². The standard InChI is InChI=1S/C28H30N4O3/c1-31(2)15-13-29-28(34)19-8-10-23-24-11-9-22(18-26(24)35-25(23)16-19)32-14-12-21(17-27(32)33)30-20-6-4-3-5-7-20/h3-11,16,18,21,30H,12-15,17H2,1-2H3,(H,29,34)/t21-/m0/s1. The first-order chi connectivity index (χ1) is 17.0. The van der Waals surface area contributed by atoms with E-state index in [9.17, 15) is 9.59 Å². The summed E-state index contributed by atoms with van der Waals surface area (Å²) in [5.41, 5.74) is 3.81. The Labute approximate surface area is 204 Å². The van der Waals surface area contributed by atoms with E-state index in [0.29, 0.717) is 36.2 Å². The highest BCUT2D eigenvalue weighted by Crippen LogP contribution is 2.33. The molecule has 7 nitrogen and oxygen atoms in total. The van der Waals surface area contributed by atoms with Gasteiger partial charge in [0.15, 0.2) is 0 Å². The summed E-state index contributed by atoms with van der Waals surface area (Å²) in [6.07, 6.45) is 1.31. The first kappa shape index (κ1) is 22.9. The minimum absolute atomic E-state index is 0.0943. The molecule has 1 aromatic heterocycles. The molecule has 1 aliphatic heterocycles. The van der Waals surface area contributed by atoms with Crippen LogP contribution < -0.4 is 15.5 Å². The highest BCUT2D eigenvalue weighted by Gasteiger charge is 2.27. The van der Waals surface area contributed by atoms with E-state index < -0.39 is 0 Å². The molecular weight excluding hydrogens is 440 g/mol. The lowest BCUT2D eigenvalue weighted by atomic mass is 10.0. The van der Waals surface area contributed by atoms with E-state index in [2.05, 4.69) is 10.6 Å². The third-order valence-corrected chi connectivity index (χ3v) is 6.44. The molecule has 7 heteroatoms. The molecule has 2 N–H and O–H groups in total. The van der Waals surface area contributed by atoms with E-state index in [4.69, 9.17) is 4.42 Å². The number of benzene rings is 3. The smallest absolute Gasteiger partial charge is 0.251 e. The fraction of sp³-hybridized carbons (Fsp3) is 0.286. The molecule has 5 rings (SSSR count). The lowest BCUT2D eigenvalue weighted by molar-refractivity contribution is -0.119. The molecule has 0 radical (unpaired) electrons. The molecule has 3 aromatic carbocycles. The number of likely N-dealkylation sites (N-methyl/N-ethyl adjacent to an activating group) is 1. The van der Waals surface area contributed by atoms with E-state index in [1.54, 1.807) is 6.07 Å². The van der Waals surface area contributed by atoms with Gasteiger partial charge < -0.3 is 24.9 Å². The third kappa shape index (κ3) is 5.00. The summed E-state index contributed by atoms with van der Waals surface area (Å²) >= 11 is 0. The van der Waals surface area contributed by atoms with Crippen LogP contribution in [0, 0.1) is 0 Å². The molecule has 1 fully saturated rings. The minimum atomic E-state index is -0.118. The van der Waals surface area contributed by atoms with Gasteiger partial charge in [-0.1, -0.05) is 18.2 Å². The second kappa shape index (κ2) is 9.80. The zero-order valence-electron chi connectivity index (χ0n) is 20.1. The summed E-state index contributed by atoms with van der Waals surface area (Å²) in [7, 11) is 3.94. The Morgan fingerprint density at radius 3 is 2.51 bits per heavy atom. The van der Waals surface area contributed by atoms with Gasteiger partial charge in [0.2, 0.25) is 5.91 Å². The molecule has 0 bridgehead atoms. The van der Waals surface area contributed by atoms with Crippen molar-refractivity contribution in [2.75, 3.05) is 43.9 Å². The normalized spacial score (nSPS) is 16.3. The van der Waals surface area contributed by atoms with Crippen LogP contribution in [0.25, 0.3) is 21.9 Å². The molecule has 0 unspecified atom stereocenters. The number of para-hydroxylation sites is 1. The highest BCUT2D eigenvalue weighted by atomic mass is 16.3. The average molecular weight is 471 g/mol. The van der Waals surface area contributed by atoms with Gasteiger partial charge in [0, 0.05) is 65.9 Å². The molecule has 0 saturated carbocycles. The largest absolute Gasteiger partial charge is 0.456 e. The van der Waals surface area contributed by atoms with Gasteiger partial charge in [-0.25, -0.2) is 0 Å². The number of fused-ring (bicyclic) bond motifs is 3. The van der Waals surface area contributed by atoms with Crippen molar-refractivity contribution < 1.29 is 14.0 Å². The Morgan fingerprint density at radius 1 is 1.03 bits per heavy atom. The second-order valence-corrected chi connectivity index (χ2v) is 9.30. The number of nitrogens with one attached hydrogen (secondary N) is 2. The fourth-order valence-corrected chi connectivity index (χ4v) is 4.57. The maximum absolute atomic E-state index is 13.0. The Bertz CT molecular complexity index is 1360. The molecule has 4 aromatic rings. The SMILES string of the molecule is CN(C)CCNC(=O)c1ccc2c(c1)oc1cc(N3CC[C@H](Nc4ccccc4)CC3=O)ccc12. The topological polar surface area (TPSA) is 77.8 Å². The number of hydrogen-bond donors (Lipinski definition) is 2. The van der Waals surface area contributed by atoms with Crippen molar-refractivity contribution in [2.45, 2.75) is 18.9 Å². The summed E-state index contributed by atoms with van der Waals surface area (Å²) in [6.45, 7) is 2.00. The van der Waals surface area contributed by atoms with Gasteiger partial charge in [0.1, 0.15) is 11.2 Å². The summed E-state index contributed by atoms with van der Waals surface area (Å²) in [6, 6.07) is 21.5. The maximum Gasteiger partial charge on any atom is 0.251 e. The van der Waals surface area contributed by atoms with E-state index in [1.807, 2.05) is 84.6 Å². The fourth-order valence-electron chi connectivity index (χ4n) is 4.57. The number of piperidine rings is 1. The monoisotopic (exact) mass is 470 g/mol.